The van der Waals surface area contributed by atoms with Gasteiger partial charge in [0.05, 0.1) is 7.11 Å². The summed E-state index contributed by atoms with van der Waals surface area (Å²) in [4.78, 5) is 12.5. The summed E-state index contributed by atoms with van der Waals surface area (Å²) in [6.07, 6.45) is 3.25. The van der Waals surface area contributed by atoms with Crippen LogP contribution in [0.1, 0.15) is 11.1 Å². The van der Waals surface area contributed by atoms with Gasteiger partial charge < -0.3 is 14.8 Å². The maximum Gasteiger partial charge on any atom is 0.248 e. The highest BCUT2D eigenvalue weighted by Crippen LogP contribution is 2.29. The van der Waals surface area contributed by atoms with Crippen molar-refractivity contribution in [1.82, 2.24) is 0 Å². The first kappa shape index (κ1) is 21.5. The van der Waals surface area contributed by atoms with E-state index in [1.54, 1.807) is 13.2 Å². The Hall–Kier alpha value is -3.76. The quantitative estimate of drug-likeness (QED) is 0.322. The molecule has 0 aliphatic heterocycles. The predicted octanol–water partition coefficient (Wildman–Crippen LogP) is 6.73. The lowest BCUT2D eigenvalue weighted by molar-refractivity contribution is -0.111. The maximum absolute atomic E-state index is 12.5. The number of amides is 1. The second kappa shape index (κ2) is 10.0. The van der Waals surface area contributed by atoms with Gasteiger partial charge in [-0.05, 0) is 52.9 Å². The lowest BCUT2D eigenvalue weighted by atomic mass is 10.1. The molecule has 32 heavy (non-hydrogen) atoms. The second-order valence-electron chi connectivity index (χ2n) is 7.17. The average molecular weight is 444 g/mol. The minimum atomic E-state index is -0.205. The first-order valence-electron chi connectivity index (χ1n) is 10.1. The molecule has 0 atom stereocenters. The molecule has 1 N–H and O–H groups in total. The molecule has 4 rings (SSSR count). The molecule has 0 aliphatic rings. The zero-order chi connectivity index (χ0) is 22.3. The summed E-state index contributed by atoms with van der Waals surface area (Å²) in [6.45, 7) is 0.399. The van der Waals surface area contributed by atoms with E-state index in [-0.39, 0.29) is 5.91 Å². The number of halogens is 1. The fourth-order valence-electron chi connectivity index (χ4n) is 3.33. The number of rotatable bonds is 7. The minimum Gasteiger partial charge on any atom is -0.493 e. The number of carbonyl (C=O) groups excluding carboxylic acids is 1. The van der Waals surface area contributed by atoms with Crippen molar-refractivity contribution >= 4 is 40.0 Å². The zero-order valence-corrected chi connectivity index (χ0v) is 18.3. The van der Waals surface area contributed by atoms with E-state index in [4.69, 9.17) is 21.1 Å². The van der Waals surface area contributed by atoms with Crippen LogP contribution in [0.2, 0.25) is 5.02 Å². The van der Waals surface area contributed by atoms with Gasteiger partial charge in [0, 0.05) is 22.2 Å². The van der Waals surface area contributed by atoms with Crippen molar-refractivity contribution in [3.8, 4) is 11.5 Å². The van der Waals surface area contributed by atoms with E-state index >= 15 is 0 Å². The summed E-state index contributed by atoms with van der Waals surface area (Å²) in [5.74, 6) is 1.01. The number of methoxy groups -OCH3 is 1. The van der Waals surface area contributed by atoms with Crippen LogP contribution in [0.15, 0.2) is 91.0 Å². The lowest BCUT2D eigenvalue weighted by Gasteiger charge is -2.11. The van der Waals surface area contributed by atoms with Crippen LogP contribution >= 0.6 is 11.6 Å². The van der Waals surface area contributed by atoms with Crippen LogP contribution in [0, 0.1) is 0 Å². The van der Waals surface area contributed by atoms with Gasteiger partial charge in [-0.3, -0.25) is 4.79 Å². The van der Waals surface area contributed by atoms with Crippen LogP contribution in [0.25, 0.3) is 16.8 Å². The number of hydrogen-bond acceptors (Lipinski definition) is 3. The Kier molecular flexibility index (Phi) is 6.73. The van der Waals surface area contributed by atoms with Crippen LogP contribution in [0.5, 0.6) is 11.5 Å². The van der Waals surface area contributed by atoms with Crippen LogP contribution in [-0.2, 0) is 11.4 Å². The Morgan fingerprint density at radius 3 is 2.53 bits per heavy atom. The van der Waals surface area contributed by atoms with E-state index in [0.29, 0.717) is 23.1 Å². The minimum absolute atomic E-state index is 0.205. The van der Waals surface area contributed by atoms with E-state index < -0.39 is 0 Å². The number of anilines is 1. The van der Waals surface area contributed by atoms with Gasteiger partial charge in [0.15, 0.2) is 11.5 Å². The van der Waals surface area contributed by atoms with Crippen LogP contribution in [0.4, 0.5) is 5.69 Å². The van der Waals surface area contributed by atoms with Gasteiger partial charge in [-0.2, -0.15) is 0 Å². The molecule has 1 amide bonds. The number of hydrogen-bond donors (Lipinski definition) is 1. The molecule has 0 aliphatic carbocycles. The van der Waals surface area contributed by atoms with Crippen LogP contribution < -0.4 is 14.8 Å². The highest BCUT2D eigenvalue weighted by Gasteiger charge is 2.07. The van der Waals surface area contributed by atoms with Gasteiger partial charge in [-0.1, -0.05) is 66.2 Å². The number of benzene rings is 4. The molecule has 0 spiro atoms. The summed E-state index contributed by atoms with van der Waals surface area (Å²) in [5.41, 5.74) is 2.61. The predicted molar refractivity (Wildman–Crippen MR) is 130 cm³/mol. The SMILES string of the molecule is COc1cc(/C=C/C(=O)Nc2cccc3ccccc23)ccc1OCc1ccc(Cl)cc1. The highest BCUT2D eigenvalue weighted by atomic mass is 35.5. The van der Waals surface area contributed by atoms with E-state index in [1.807, 2.05) is 84.9 Å². The van der Waals surface area contributed by atoms with Gasteiger partial charge in [0.1, 0.15) is 6.61 Å². The third-order valence-electron chi connectivity index (χ3n) is 4.97. The molecule has 4 nitrogen and oxygen atoms in total. The summed E-state index contributed by atoms with van der Waals surface area (Å²) < 4.78 is 11.3. The molecule has 0 bridgehead atoms. The van der Waals surface area contributed by atoms with Crippen LogP contribution in [0.3, 0.4) is 0 Å². The van der Waals surface area contributed by atoms with Gasteiger partial charge in [-0.25, -0.2) is 0 Å². The molecule has 0 heterocycles. The fraction of sp³-hybridized carbons (Fsp3) is 0.0741. The standard InChI is InChI=1S/C27H22ClNO3/c1-31-26-17-19(11-15-25(26)32-18-20-9-13-22(28)14-10-20)12-16-27(30)29-24-8-4-6-21-5-2-3-7-23(21)24/h2-17H,18H2,1H3,(H,29,30)/b16-12+. The third kappa shape index (κ3) is 5.29. The smallest absolute Gasteiger partial charge is 0.248 e. The molecule has 0 aromatic heterocycles. The van der Waals surface area contributed by atoms with Crippen molar-refractivity contribution in [2.75, 3.05) is 12.4 Å². The number of nitrogens with one attached hydrogen (secondary N) is 1. The Morgan fingerprint density at radius 2 is 1.72 bits per heavy atom. The van der Waals surface area contributed by atoms with Crippen LogP contribution in [-0.4, -0.2) is 13.0 Å². The molecule has 0 radical (unpaired) electrons. The lowest BCUT2D eigenvalue weighted by Crippen LogP contribution is -2.08. The summed E-state index contributed by atoms with van der Waals surface area (Å²) in [7, 11) is 1.59. The van der Waals surface area contributed by atoms with Crippen molar-refractivity contribution in [2.45, 2.75) is 6.61 Å². The zero-order valence-electron chi connectivity index (χ0n) is 17.5. The molecule has 0 unspecified atom stereocenters. The van der Waals surface area contributed by atoms with Crippen molar-refractivity contribution in [2.24, 2.45) is 0 Å². The fourth-order valence-corrected chi connectivity index (χ4v) is 3.46. The summed E-state index contributed by atoms with van der Waals surface area (Å²) in [5, 5.41) is 5.71. The average Bonchev–Trinajstić information content (AvgIpc) is 2.83. The molecule has 0 fully saturated rings. The maximum atomic E-state index is 12.5. The van der Waals surface area contributed by atoms with Gasteiger partial charge in [0.25, 0.3) is 0 Å². The highest BCUT2D eigenvalue weighted by molar-refractivity contribution is 6.30. The molecule has 4 aromatic carbocycles. The molecular formula is C27H22ClNO3. The Bertz CT molecular complexity index is 1260. The molecule has 0 saturated carbocycles. The van der Waals surface area contributed by atoms with Crippen molar-refractivity contribution in [3.05, 3.63) is 107 Å². The largest absolute Gasteiger partial charge is 0.493 e. The van der Waals surface area contributed by atoms with E-state index in [2.05, 4.69) is 5.32 Å². The Labute approximate surface area is 192 Å². The van der Waals surface area contributed by atoms with Gasteiger partial charge >= 0.3 is 0 Å². The third-order valence-corrected chi connectivity index (χ3v) is 5.22. The topological polar surface area (TPSA) is 47.6 Å². The molecule has 5 heteroatoms. The molecule has 0 saturated heterocycles. The van der Waals surface area contributed by atoms with Crippen molar-refractivity contribution in [3.63, 3.8) is 0 Å². The van der Waals surface area contributed by atoms with E-state index in [9.17, 15) is 4.79 Å². The first-order chi connectivity index (χ1) is 15.6. The molecule has 160 valence electrons. The second-order valence-corrected chi connectivity index (χ2v) is 7.61. The van der Waals surface area contributed by atoms with Gasteiger partial charge in [-0.15, -0.1) is 0 Å². The van der Waals surface area contributed by atoms with E-state index in [1.165, 1.54) is 6.08 Å². The van der Waals surface area contributed by atoms with Gasteiger partial charge in [0.2, 0.25) is 5.91 Å². The normalized spacial score (nSPS) is 10.9. The summed E-state index contributed by atoms with van der Waals surface area (Å²) >= 11 is 5.92. The first-order valence-corrected chi connectivity index (χ1v) is 10.5. The monoisotopic (exact) mass is 443 g/mol. The summed E-state index contributed by atoms with van der Waals surface area (Å²) in [6, 6.07) is 26.8. The van der Waals surface area contributed by atoms with E-state index in [0.717, 1.165) is 27.6 Å². The molecular weight excluding hydrogens is 422 g/mol. The Morgan fingerprint density at radius 1 is 0.938 bits per heavy atom. The van der Waals surface area contributed by atoms with Crippen molar-refractivity contribution < 1.29 is 14.3 Å². The number of fused-ring (bicyclic) bond motifs is 1. The van der Waals surface area contributed by atoms with Crippen molar-refractivity contribution in [1.29, 1.82) is 0 Å². The number of carbonyl (C=O) groups is 1. The Balaban J connectivity index is 1.43. The number of ether oxygens (including phenoxy) is 2. The molecule has 4 aromatic rings.